The predicted octanol–water partition coefficient (Wildman–Crippen LogP) is 3.38. The first kappa shape index (κ1) is 11.7. The molecule has 0 bridgehead atoms. The summed E-state index contributed by atoms with van der Waals surface area (Å²) in [6, 6.07) is 2.73. The van der Waals surface area contributed by atoms with Crippen LogP contribution in [0.2, 0.25) is 0 Å². The molecule has 1 saturated carbocycles. The molecule has 0 saturated heterocycles. The number of nitrogens with one attached hydrogen (secondary N) is 1. The average molecular weight is 221 g/mol. The van der Waals surface area contributed by atoms with Crippen molar-refractivity contribution in [1.82, 2.24) is 5.32 Å². The monoisotopic (exact) mass is 221 g/mol. The molecule has 90 valence electrons. The van der Waals surface area contributed by atoms with E-state index in [1.54, 1.807) is 6.26 Å². The van der Waals surface area contributed by atoms with E-state index in [4.69, 9.17) is 4.42 Å². The van der Waals surface area contributed by atoms with Crippen LogP contribution >= 0.6 is 0 Å². The standard InChI is InChI=1S/C14H23NO/c1-2-15-14(10-12-8-9-16-11-12)13-6-4-3-5-7-13/h8-9,11,13-15H,2-7,10H2,1H3. The lowest BCUT2D eigenvalue weighted by Gasteiger charge is -2.30. The van der Waals surface area contributed by atoms with Gasteiger partial charge in [0.25, 0.3) is 0 Å². The average Bonchev–Trinajstić information content (AvgIpc) is 2.83. The second-order valence-corrected chi connectivity index (χ2v) is 4.90. The number of furan rings is 1. The summed E-state index contributed by atoms with van der Waals surface area (Å²) in [4.78, 5) is 0. The zero-order valence-electron chi connectivity index (χ0n) is 10.2. The first-order valence-electron chi connectivity index (χ1n) is 6.64. The molecule has 0 spiro atoms. The van der Waals surface area contributed by atoms with Gasteiger partial charge >= 0.3 is 0 Å². The normalized spacial score (nSPS) is 19.8. The first-order chi connectivity index (χ1) is 7.90. The highest BCUT2D eigenvalue weighted by Crippen LogP contribution is 2.28. The minimum atomic E-state index is 0.642. The molecule has 2 nitrogen and oxygen atoms in total. The summed E-state index contributed by atoms with van der Waals surface area (Å²) in [7, 11) is 0. The van der Waals surface area contributed by atoms with Crippen molar-refractivity contribution in [1.29, 1.82) is 0 Å². The molecular formula is C14H23NO. The zero-order valence-corrected chi connectivity index (χ0v) is 10.2. The Morgan fingerprint density at radius 3 is 2.81 bits per heavy atom. The van der Waals surface area contributed by atoms with E-state index >= 15 is 0 Å². The highest BCUT2D eigenvalue weighted by molar-refractivity contribution is 5.08. The molecule has 0 aliphatic heterocycles. The molecule has 2 heteroatoms. The van der Waals surface area contributed by atoms with Crippen LogP contribution in [0.5, 0.6) is 0 Å². The molecule has 16 heavy (non-hydrogen) atoms. The van der Waals surface area contributed by atoms with E-state index in [1.165, 1.54) is 37.7 Å². The van der Waals surface area contributed by atoms with Crippen molar-refractivity contribution >= 4 is 0 Å². The van der Waals surface area contributed by atoms with Crippen molar-refractivity contribution in [2.75, 3.05) is 6.54 Å². The highest BCUT2D eigenvalue weighted by atomic mass is 16.3. The van der Waals surface area contributed by atoms with Crippen molar-refractivity contribution in [3.63, 3.8) is 0 Å². The molecule has 2 rings (SSSR count). The topological polar surface area (TPSA) is 25.2 Å². The van der Waals surface area contributed by atoms with Crippen LogP contribution in [0.3, 0.4) is 0 Å². The summed E-state index contributed by atoms with van der Waals surface area (Å²) in [5.41, 5.74) is 1.33. The fraction of sp³-hybridized carbons (Fsp3) is 0.714. The summed E-state index contributed by atoms with van der Waals surface area (Å²) in [5.74, 6) is 0.864. The SMILES string of the molecule is CCNC(Cc1ccoc1)C1CCCCC1. The summed E-state index contributed by atoms with van der Waals surface area (Å²) in [5, 5.41) is 3.65. The van der Waals surface area contributed by atoms with Crippen molar-refractivity contribution in [2.24, 2.45) is 5.92 Å². The second kappa shape index (κ2) is 6.09. The van der Waals surface area contributed by atoms with E-state index in [0.29, 0.717) is 6.04 Å². The van der Waals surface area contributed by atoms with Crippen LogP contribution in [0.4, 0.5) is 0 Å². The minimum absolute atomic E-state index is 0.642. The van der Waals surface area contributed by atoms with E-state index in [1.807, 2.05) is 6.26 Å². The maximum absolute atomic E-state index is 5.15. The fourth-order valence-corrected chi connectivity index (χ4v) is 2.87. The van der Waals surface area contributed by atoms with Crippen molar-refractivity contribution in [3.05, 3.63) is 24.2 Å². The van der Waals surface area contributed by atoms with Gasteiger partial charge < -0.3 is 9.73 Å². The molecule has 1 aliphatic rings. The van der Waals surface area contributed by atoms with E-state index in [0.717, 1.165) is 18.9 Å². The van der Waals surface area contributed by atoms with E-state index in [-0.39, 0.29) is 0 Å². The smallest absolute Gasteiger partial charge is 0.0935 e. The largest absolute Gasteiger partial charge is 0.472 e. The van der Waals surface area contributed by atoms with Crippen molar-refractivity contribution in [2.45, 2.75) is 51.5 Å². The molecule has 0 radical (unpaired) electrons. The Hall–Kier alpha value is -0.760. The third-order valence-electron chi connectivity index (χ3n) is 3.72. The van der Waals surface area contributed by atoms with Gasteiger partial charge in [-0.3, -0.25) is 0 Å². The van der Waals surface area contributed by atoms with Gasteiger partial charge in [0.05, 0.1) is 12.5 Å². The van der Waals surface area contributed by atoms with E-state index in [2.05, 4.69) is 18.3 Å². The van der Waals surface area contributed by atoms with Crippen LogP contribution in [-0.4, -0.2) is 12.6 Å². The Morgan fingerprint density at radius 1 is 1.38 bits per heavy atom. The maximum atomic E-state index is 5.15. The van der Waals surface area contributed by atoms with Crippen molar-refractivity contribution in [3.8, 4) is 0 Å². The van der Waals surface area contributed by atoms with Gasteiger partial charge in [-0.15, -0.1) is 0 Å². The molecule has 1 heterocycles. The fourth-order valence-electron chi connectivity index (χ4n) is 2.87. The Labute approximate surface area is 98.4 Å². The highest BCUT2D eigenvalue weighted by Gasteiger charge is 2.23. The molecule has 1 N–H and O–H groups in total. The minimum Gasteiger partial charge on any atom is -0.472 e. The van der Waals surface area contributed by atoms with Gasteiger partial charge in [-0.1, -0.05) is 26.2 Å². The molecule has 0 amide bonds. The van der Waals surface area contributed by atoms with Gasteiger partial charge in [0.2, 0.25) is 0 Å². The number of hydrogen-bond acceptors (Lipinski definition) is 2. The van der Waals surface area contributed by atoms with Crippen LogP contribution in [0.25, 0.3) is 0 Å². The molecular weight excluding hydrogens is 198 g/mol. The van der Waals surface area contributed by atoms with Crippen LogP contribution in [0.1, 0.15) is 44.6 Å². The zero-order chi connectivity index (χ0) is 11.2. The maximum Gasteiger partial charge on any atom is 0.0935 e. The Kier molecular flexibility index (Phi) is 4.46. The van der Waals surface area contributed by atoms with Crippen LogP contribution in [0, 0.1) is 5.92 Å². The van der Waals surface area contributed by atoms with Crippen molar-refractivity contribution < 1.29 is 4.42 Å². The van der Waals surface area contributed by atoms with E-state index < -0.39 is 0 Å². The second-order valence-electron chi connectivity index (χ2n) is 4.90. The van der Waals surface area contributed by atoms with Crippen LogP contribution < -0.4 is 5.32 Å². The quantitative estimate of drug-likeness (QED) is 0.824. The summed E-state index contributed by atoms with van der Waals surface area (Å²) in [6.07, 6.45) is 11.8. The number of likely N-dealkylation sites (N-methyl/N-ethyl adjacent to an activating group) is 1. The molecule has 1 aromatic rings. The third-order valence-corrected chi connectivity index (χ3v) is 3.72. The van der Waals surface area contributed by atoms with Gasteiger partial charge in [-0.25, -0.2) is 0 Å². The van der Waals surface area contributed by atoms with Gasteiger partial charge in [0, 0.05) is 6.04 Å². The lowest BCUT2D eigenvalue weighted by atomic mass is 9.82. The lowest BCUT2D eigenvalue weighted by Crippen LogP contribution is -2.38. The number of rotatable bonds is 5. The first-order valence-corrected chi connectivity index (χ1v) is 6.64. The molecule has 0 aromatic carbocycles. The molecule has 1 aromatic heterocycles. The van der Waals surface area contributed by atoms with Gasteiger partial charge in [0.1, 0.15) is 0 Å². The Bertz CT molecular complexity index is 275. The molecule has 1 fully saturated rings. The summed E-state index contributed by atoms with van der Waals surface area (Å²) in [6.45, 7) is 3.27. The summed E-state index contributed by atoms with van der Waals surface area (Å²) >= 11 is 0. The van der Waals surface area contributed by atoms with Crippen LogP contribution in [-0.2, 0) is 6.42 Å². The third kappa shape index (κ3) is 3.11. The lowest BCUT2D eigenvalue weighted by molar-refractivity contribution is 0.269. The Balaban J connectivity index is 1.92. The van der Waals surface area contributed by atoms with Gasteiger partial charge in [0.15, 0.2) is 0 Å². The van der Waals surface area contributed by atoms with Gasteiger partial charge in [-0.2, -0.15) is 0 Å². The predicted molar refractivity (Wildman–Crippen MR) is 66.5 cm³/mol. The molecule has 1 unspecified atom stereocenters. The summed E-state index contributed by atoms with van der Waals surface area (Å²) < 4.78 is 5.15. The molecule has 1 atom stereocenters. The van der Waals surface area contributed by atoms with Crippen LogP contribution in [0.15, 0.2) is 23.0 Å². The Morgan fingerprint density at radius 2 is 2.19 bits per heavy atom. The molecule has 1 aliphatic carbocycles. The number of hydrogen-bond donors (Lipinski definition) is 1. The van der Waals surface area contributed by atoms with Gasteiger partial charge in [-0.05, 0) is 43.4 Å². The van der Waals surface area contributed by atoms with E-state index in [9.17, 15) is 0 Å².